The van der Waals surface area contributed by atoms with Crippen molar-refractivity contribution in [3.8, 4) is 0 Å². The lowest BCUT2D eigenvalue weighted by Crippen LogP contribution is -2.17. The number of rotatable bonds is 5. The van der Waals surface area contributed by atoms with E-state index in [0.29, 0.717) is 4.47 Å². The smallest absolute Gasteiger partial charge is 0.271 e. The maximum atomic E-state index is 13.4. The summed E-state index contributed by atoms with van der Waals surface area (Å²) in [6, 6.07) is 13.2. The van der Waals surface area contributed by atoms with E-state index in [9.17, 15) is 17.6 Å². The zero-order chi connectivity index (χ0) is 18.7. The minimum absolute atomic E-state index is 0.0981. The van der Waals surface area contributed by atoms with Gasteiger partial charge < -0.3 is 5.32 Å². The molecule has 134 valence electrons. The van der Waals surface area contributed by atoms with Crippen molar-refractivity contribution in [2.24, 2.45) is 0 Å². The van der Waals surface area contributed by atoms with Crippen LogP contribution in [-0.2, 0) is 10.0 Å². The summed E-state index contributed by atoms with van der Waals surface area (Å²) in [7, 11) is -3.76. The first-order valence-electron chi connectivity index (χ1n) is 7.28. The highest BCUT2D eigenvalue weighted by molar-refractivity contribution is 9.10. The van der Waals surface area contributed by atoms with E-state index in [-0.39, 0.29) is 21.1 Å². The third-order valence-corrected chi connectivity index (χ3v) is 6.81. The molecular weight excluding hydrogens is 443 g/mol. The van der Waals surface area contributed by atoms with E-state index < -0.39 is 21.7 Å². The minimum atomic E-state index is -3.76. The van der Waals surface area contributed by atoms with Gasteiger partial charge in [0.1, 0.15) is 10.0 Å². The third-order valence-electron chi connectivity index (χ3n) is 3.35. The van der Waals surface area contributed by atoms with E-state index in [1.807, 2.05) is 0 Å². The van der Waals surface area contributed by atoms with Crippen LogP contribution in [0, 0.1) is 5.82 Å². The van der Waals surface area contributed by atoms with Crippen molar-refractivity contribution in [3.05, 3.63) is 75.8 Å². The molecule has 0 saturated carbocycles. The molecule has 3 rings (SSSR count). The van der Waals surface area contributed by atoms with Crippen LogP contribution in [0.2, 0.25) is 0 Å². The SMILES string of the molecule is O=C(Nc1ccccc1NS(=O)(=O)c1cccs1)c1cc(F)ccc1Br. The number of hydrogen-bond donors (Lipinski definition) is 2. The Morgan fingerprint density at radius 1 is 1.04 bits per heavy atom. The average molecular weight is 455 g/mol. The molecule has 5 nitrogen and oxygen atoms in total. The second-order valence-corrected chi connectivity index (χ2v) is 8.87. The molecule has 0 aliphatic carbocycles. The zero-order valence-corrected chi connectivity index (χ0v) is 16.3. The Bertz CT molecular complexity index is 1050. The predicted molar refractivity (Wildman–Crippen MR) is 104 cm³/mol. The van der Waals surface area contributed by atoms with Crippen molar-refractivity contribution >= 4 is 54.6 Å². The Morgan fingerprint density at radius 2 is 1.77 bits per heavy atom. The van der Waals surface area contributed by atoms with Crippen molar-refractivity contribution in [1.29, 1.82) is 0 Å². The second-order valence-electron chi connectivity index (χ2n) is 5.16. The van der Waals surface area contributed by atoms with Crippen LogP contribution >= 0.6 is 27.3 Å². The maximum Gasteiger partial charge on any atom is 0.271 e. The molecule has 0 aliphatic heterocycles. The fraction of sp³-hybridized carbons (Fsp3) is 0. The Hall–Kier alpha value is -2.23. The number of halogens is 2. The molecule has 2 N–H and O–H groups in total. The van der Waals surface area contributed by atoms with Gasteiger partial charge in [0.15, 0.2) is 0 Å². The van der Waals surface area contributed by atoms with Crippen molar-refractivity contribution in [3.63, 3.8) is 0 Å². The molecule has 0 saturated heterocycles. The van der Waals surface area contributed by atoms with Gasteiger partial charge in [-0.2, -0.15) is 0 Å². The van der Waals surface area contributed by atoms with E-state index in [4.69, 9.17) is 0 Å². The number of hydrogen-bond acceptors (Lipinski definition) is 4. The van der Waals surface area contributed by atoms with E-state index in [2.05, 4.69) is 26.0 Å². The largest absolute Gasteiger partial charge is 0.320 e. The van der Waals surface area contributed by atoms with Crippen LogP contribution in [0.1, 0.15) is 10.4 Å². The Labute approximate surface area is 162 Å². The summed E-state index contributed by atoms with van der Waals surface area (Å²) in [6.45, 7) is 0. The van der Waals surface area contributed by atoms with Gasteiger partial charge in [-0.1, -0.05) is 18.2 Å². The average Bonchev–Trinajstić information content (AvgIpc) is 3.14. The zero-order valence-electron chi connectivity index (χ0n) is 13.1. The molecule has 1 amide bonds. The molecule has 1 aromatic heterocycles. The fourth-order valence-corrected chi connectivity index (χ4v) is 4.65. The molecule has 0 atom stereocenters. The first-order valence-corrected chi connectivity index (χ1v) is 10.4. The highest BCUT2D eigenvalue weighted by atomic mass is 79.9. The van der Waals surface area contributed by atoms with Gasteiger partial charge in [0.05, 0.1) is 16.9 Å². The van der Waals surface area contributed by atoms with Gasteiger partial charge in [0.25, 0.3) is 15.9 Å². The standard InChI is InChI=1S/C17H12BrFN2O3S2/c18-13-8-7-11(19)10-12(13)17(22)20-14-4-1-2-5-15(14)21-26(23,24)16-6-3-9-25-16/h1-10,21H,(H,20,22). The van der Waals surface area contributed by atoms with E-state index in [1.54, 1.807) is 29.6 Å². The Morgan fingerprint density at radius 3 is 2.46 bits per heavy atom. The minimum Gasteiger partial charge on any atom is -0.320 e. The summed E-state index contributed by atoms with van der Waals surface area (Å²) in [5.41, 5.74) is 0.566. The maximum absolute atomic E-state index is 13.4. The van der Waals surface area contributed by atoms with Gasteiger partial charge in [0, 0.05) is 4.47 Å². The van der Waals surface area contributed by atoms with Crippen LogP contribution in [0.15, 0.2) is 68.7 Å². The molecular formula is C17H12BrFN2O3S2. The number of sulfonamides is 1. The van der Waals surface area contributed by atoms with E-state index in [1.165, 1.54) is 24.3 Å². The molecule has 0 fully saturated rings. The van der Waals surface area contributed by atoms with Gasteiger partial charge in [-0.05, 0) is 57.7 Å². The lowest BCUT2D eigenvalue weighted by molar-refractivity contribution is 0.102. The molecule has 2 aromatic carbocycles. The van der Waals surface area contributed by atoms with E-state index in [0.717, 1.165) is 17.4 Å². The quantitative estimate of drug-likeness (QED) is 0.586. The molecule has 3 aromatic rings. The van der Waals surface area contributed by atoms with Crippen molar-refractivity contribution in [1.82, 2.24) is 0 Å². The molecule has 9 heteroatoms. The molecule has 26 heavy (non-hydrogen) atoms. The second kappa shape index (κ2) is 7.56. The predicted octanol–water partition coefficient (Wildman–Crippen LogP) is 4.70. The van der Waals surface area contributed by atoms with Crippen LogP contribution in [0.3, 0.4) is 0 Å². The number of nitrogens with one attached hydrogen (secondary N) is 2. The molecule has 0 radical (unpaired) electrons. The molecule has 0 unspecified atom stereocenters. The van der Waals surface area contributed by atoms with Crippen LogP contribution in [0.25, 0.3) is 0 Å². The summed E-state index contributed by atoms with van der Waals surface area (Å²) in [5, 5.41) is 4.26. The van der Waals surface area contributed by atoms with Crippen LogP contribution in [0.4, 0.5) is 15.8 Å². The van der Waals surface area contributed by atoms with Crippen molar-refractivity contribution in [2.75, 3.05) is 10.0 Å². The summed E-state index contributed by atoms with van der Waals surface area (Å²) in [5.74, 6) is -1.12. The monoisotopic (exact) mass is 454 g/mol. The number of para-hydroxylation sites is 2. The van der Waals surface area contributed by atoms with Crippen LogP contribution in [-0.4, -0.2) is 14.3 Å². The van der Waals surface area contributed by atoms with E-state index >= 15 is 0 Å². The topological polar surface area (TPSA) is 75.3 Å². The molecule has 0 bridgehead atoms. The first kappa shape index (κ1) is 18.6. The highest BCUT2D eigenvalue weighted by Gasteiger charge is 2.18. The van der Waals surface area contributed by atoms with Gasteiger partial charge in [-0.15, -0.1) is 11.3 Å². The fourth-order valence-electron chi connectivity index (χ4n) is 2.15. The number of amides is 1. The highest BCUT2D eigenvalue weighted by Crippen LogP contribution is 2.27. The van der Waals surface area contributed by atoms with Gasteiger partial charge >= 0.3 is 0 Å². The molecule has 0 spiro atoms. The Kier molecular flexibility index (Phi) is 5.40. The summed E-state index contributed by atoms with van der Waals surface area (Å²) >= 11 is 4.28. The summed E-state index contributed by atoms with van der Waals surface area (Å²) < 4.78 is 41.2. The van der Waals surface area contributed by atoms with Crippen molar-refractivity contribution in [2.45, 2.75) is 4.21 Å². The molecule has 1 heterocycles. The van der Waals surface area contributed by atoms with Gasteiger partial charge in [0.2, 0.25) is 0 Å². The Balaban J connectivity index is 1.88. The first-order chi connectivity index (χ1) is 12.4. The number of thiophene rings is 1. The number of carbonyl (C=O) groups is 1. The van der Waals surface area contributed by atoms with Gasteiger partial charge in [-0.3, -0.25) is 9.52 Å². The molecule has 0 aliphatic rings. The lowest BCUT2D eigenvalue weighted by Gasteiger charge is -2.13. The summed E-state index contributed by atoms with van der Waals surface area (Å²) in [6.07, 6.45) is 0. The van der Waals surface area contributed by atoms with Crippen molar-refractivity contribution < 1.29 is 17.6 Å². The third kappa shape index (κ3) is 4.12. The number of benzene rings is 2. The number of carbonyl (C=O) groups excluding carboxylic acids is 1. The van der Waals surface area contributed by atoms with Crippen LogP contribution in [0.5, 0.6) is 0 Å². The lowest BCUT2D eigenvalue weighted by atomic mass is 10.2. The van der Waals surface area contributed by atoms with Crippen LogP contribution < -0.4 is 10.0 Å². The normalized spacial score (nSPS) is 11.2. The summed E-state index contributed by atoms with van der Waals surface area (Å²) in [4.78, 5) is 12.5. The van der Waals surface area contributed by atoms with Gasteiger partial charge in [-0.25, -0.2) is 12.8 Å². The number of anilines is 2.